The van der Waals surface area contributed by atoms with Crippen LogP contribution >= 0.6 is 0 Å². The van der Waals surface area contributed by atoms with Crippen molar-refractivity contribution in [2.45, 2.75) is 32.2 Å². The van der Waals surface area contributed by atoms with Crippen LogP contribution in [0.4, 0.5) is 0 Å². The smallest absolute Gasteiger partial charge is 0.253 e. The van der Waals surface area contributed by atoms with Gasteiger partial charge in [-0.1, -0.05) is 12.1 Å². The van der Waals surface area contributed by atoms with Gasteiger partial charge in [0.2, 0.25) is 5.91 Å². The van der Waals surface area contributed by atoms with Crippen LogP contribution in [0.5, 0.6) is 0 Å². The van der Waals surface area contributed by atoms with E-state index in [-0.39, 0.29) is 17.7 Å². The lowest BCUT2D eigenvalue weighted by atomic mass is 10.1. The van der Waals surface area contributed by atoms with E-state index < -0.39 is 0 Å². The molecule has 0 radical (unpaired) electrons. The summed E-state index contributed by atoms with van der Waals surface area (Å²) in [7, 11) is 0. The summed E-state index contributed by atoms with van der Waals surface area (Å²) < 4.78 is 5.23. The highest BCUT2D eigenvalue weighted by Gasteiger charge is 2.23. The number of nitrogens with zero attached hydrogens (tertiary/aromatic N) is 1. The molecule has 1 aromatic rings. The van der Waals surface area contributed by atoms with E-state index in [0.29, 0.717) is 19.8 Å². The molecule has 2 saturated heterocycles. The van der Waals surface area contributed by atoms with Gasteiger partial charge in [-0.25, -0.2) is 0 Å². The summed E-state index contributed by atoms with van der Waals surface area (Å²) in [4.78, 5) is 26.3. The van der Waals surface area contributed by atoms with Crippen LogP contribution in [0, 0.1) is 5.92 Å². The molecule has 0 aromatic heterocycles. The minimum atomic E-state index is -0.0186. The number of hydrogen-bond acceptors (Lipinski definition) is 3. The van der Waals surface area contributed by atoms with Gasteiger partial charge in [-0.3, -0.25) is 9.59 Å². The SMILES string of the molecule is O=C(NCc1ccc(C(=O)N2CCCCC2)cc1)[C@@H]1CCOC1. The number of carbonyl (C=O) groups excluding carboxylic acids is 2. The molecule has 5 heteroatoms. The van der Waals surface area contributed by atoms with Crippen LogP contribution < -0.4 is 5.32 Å². The maximum Gasteiger partial charge on any atom is 0.253 e. The van der Waals surface area contributed by atoms with Crippen LogP contribution in [0.25, 0.3) is 0 Å². The molecule has 5 nitrogen and oxygen atoms in total. The second-order valence-electron chi connectivity index (χ2n) is 6.33. The van der Waals surface area contributed by atoms with Crippen LogP contribution in [0.15, 0.2) is 24.3 Å². The first kappa shape index (κ1) is 16.0. The molecule has 2 aliphatic rings. The highest BCUT2D eigenvalue weighted by molar-refractivity contribution is 5.94. The van der Waals surface area contributed by atoms with Crippen LogP contribution in [-0.2, 0) is 16.1 Å². The van der Waals surface area contributed by atoms with E-state index in [0.717, 1.165) is 43.5 Å². The average molecular weight is 316 g/mol. The molecule has 2 aliphatic heterocycles. The summed E-state index contributed by atoms with van der Waals surface area (Å²) in [6.07, 6.45) is 4.21. The predicted octanol–water partition coefficient (Wildman–Crippen LogP) is 1.97. The Morgan fingerprint density at radius 3 is 2.52 bits per heavy atom. The third kappa shape index (κ3) is 4.10. The Morgan fingerprint density at radius 2 is 1.87 bits per heavy atom. The van der Waals surface area contributed by atoms with Gasteiger partial charge in [0.15, 0.2) is 0 Å². The van der Waals surface area contributed by atoms with Crippen molar-refractivity contribution >= 4 is 11.8 Å². The Hall–Kier alpha value is -1.88. The number of piperidine rings is 1. The first-order chi connectivity index (χ1) is 11.2. The monoisotopic (exact) mass is 316 g/mol. The summed E-state index contributed by atoms with van der Waals surface area (Å²) in [5, 5.41) is 2.94. The normalized spacial score (nSPS) is 21.2. The van der Waals surface area contributed by atoms with Crippen LogP contribution in [0.3, 0.4) is 0 Å². The summed E-state index contributed by atoms with van der Waals surface area (Å²) in [5.74, 6) is 0.148. The lowest BCUT2D eigenvalue weighted by Crippen LogP contribution is -2.35. The molecule has 23 heavy (non-hydrogen) atoms. The maximum atomic E-state index is 12.4. The molecule has 1 atom stereocenters. The number of hydrogen-bond donors (Lipinski definition) is 1. The Bertz CT molecular complexity index is 544. The summed E-state index contributed by atoms with van der Waals surface area (Å²) in [6, 6.07) is 7.55. The lowest BCUT2D eigenvalue weighted by Gasteiger charge is -2.26. The molecule has 0 spiro atoms. The molecule has 0 saturated carbocycles. The van der Waals surface area contributed by atoms with Gasteiger partial charge in [0.05, 0.1) is 12.5 Å². The predicted molar refractivity (Wildman–Crippen MR) is 87.0 cm³/mol. The number of likely N-dealkylation sites (tertiary alicyclic amines) is 1. The van der Waals surface area contributed by atoms with Crippen LogP contribution in [0.2, 0.25) is 0 Å². The molecular weight excluding hydrogens is 292 g/mol. The van der Waals surface area contributed by atoms with Gasteiger partial charge in [-0.2, -0.15) is 0 Å². The van der Waals surface area contributed by atoms with Crippen LogP contribution in [-0.4, -0.2) is 43.0 Å². The van der Waals surface area contributed by atoms with E-state index in [4.69, 9.17) is 4.74 Å². The van der Waals surface area contributed by atoms with Gasteiger partial charge in [0.1, 0.15) is 0 Å². The first-order valence-corrected chi connectivity index (χ1v) is 8.48. The molecule has 2 amide bonds. The molecule has 1 aromatic carbocycles. The fourth-order valence-electron chi connectivity index (χ4n) is 3.12. The third-order valence-corrected chi connectivity index (χ3v) is 4.61. The number of nitrogens with one attached hydrogen (secondary N) is 1. The van der Waals surface area contributed by atoms with Gasteiger partial charge in [-0.05, 0) is 43.4 Å². The van der Waals surface area contributed by atoms with Crippen molar-refractivity contribution in [3.63, 3.8) is 0 Å². The minimum absolute atomic E-state index is 0.0186. The van der Waals surface area contributed by atoms with Crippen molar-refractivity contribution in [3.8, 4) is 0 Å². The number of rotatable bonds is 4. The maximum absolute atomic E-state index is 12.4. The average Bonchev–Trinajstić information content (AvgIpc) is 3.15. The molecular formula is C18H24N2O3. The molecule has 2 heterocycles. The standard InChI is InChI=1S/C18H24N2O3/c21-17(16-8-11-23-13-16)19-12-14-4-6-15(7-5-14)18(22)20-9-2-1-3-10-20/h4-7,16H,1-3,8-13H2,(H,19,21)/t16-/m1/s1. The highest BCUT2D eigenvalue weighted by atomic mass is 16.5. The summed E-state index contributed by atoms with van der Waals surface area (Å²) in [6.45, 7) is 3.41. The topological polar surface area (TPSA) is 58.6 Å². The Balaban J connectivity index is 1.52. The van der Waals surface area contributed by atoms with E-state index in [9.17, 15) is 9.59 Å². The second kappa shape index (κ2) is 7.59. The van der Waals surface area contributed by atoms with E-state index in [1.54, 1.807) is 0 Å². The van der Waals surface area contributed by atoms with Crippen molar-refractivity contribution in [2.24, 2.45) is 5.92 Å². The summed E-state index contributed by atoms with van der Waals surface area (Å²) in [5.41, 5.74) is 1.73. The van der Waals surface area contributed by atoms with Crippen molar-refractivity contribution in [2.75, 3.05) is 26.3 Å². The third-order valence-electron chi connectivity index (χ3n) is 4.61. The highest BCUT2D eigenvalue weighted by Crippen LogP contribution is 2.15. The molecule has 0 bridgehead atoms. The summed E-state index contributed by atoms with van der Waals surface area (Å²) >= 11 is 0. The lowest BCUT2D eigenvalue weighted by molar-refractivity contribution is -0.125. The second-order valence-corrected chi connectivity index (χ2v) is 6.33. The zero-order valence-electron chi connectivity index (χ0n) is 13.4. The Labute approximate surface area is 137 Å². The Kier molecular flexibility index (Phi) is 5.28. The molecule has 2 fully saturated rings. The fraction of sp³-hybridized carbons (Fsp3) is 0.556. The number of ether oxygens (including phenoxy) is 1. The zero-order chi connectivity index (χ0) is 16.1. The van der Waals surface area contributed by atoms with Crippen molar-refractivity contribution in [1.29, 1.82) is 0 Å². The van der Waals surface area contributed by atoms with E-state index in [1.807, 2.05) is 29.2 Å². The number of amides is 2. The minimum Gasteiger partial charge on any atom is -0.381 e. The molecule has 0 unspecified atom stereocenters. The van der Waals surface area contributed by atoms with E-state index in [1.165, 1.54) is 6.42 Å². The quantitative estimate of drug-likeness (QED) is 0.924. The van der Waals surface area contributed by atoms with Gasteiger partial charge in [-0.15, -0.1) is 0 Å². The molecule has 124 valence electrons. The molecule has 3 rings (SSSR count). The fourth-order valence-corrected chi connectivity index (χ4v) is 3.12. The van der Waals surface area contributed by atoms with Gasteiger partial charge in [0.25, 0.3) is 5.91 Å². The van der Waals surface area contributed by atoms with Crippen molar-refractivity contribution in [3.05, 3.63) is 35.4 Å². The van der Waals surface area contributed by atoms with Gasteiger partial charge in [0, 0.05) is 31.8 Å². The van der Waals surface area contributed by atoms with Gasteiger partial charge < -0.3 is 15.0 Å². The van der Waals surface area contributed by atoms with Crippen LogP contribution in [0.1, 0.15) is 41.6 Å². The molecule has 1 N–H and O–H groups in total. The van der Waals surface area contributed by atoms with Gasteiger partial charge >= 0.3 is 0 Å². The van der Waals surface area contributed by atoms with Crippen molar-refractivity contribution in [1.82, 2.24) is 10.2 Å². The van der Waals surface area contributed by atoms with Crippen molar-refractivity contribution < 1.29 is 14.3 Å². The largest absolute Gasteiger partial charge is 0.381 e. The molecule has 0 aliphatic carbocycles. The Morgan fingerprint density at radius 1 is 1.13 bits per heavy atom. The zero-order valence-corrected chi connectivity index (χ0v) is 13.4. The first-order valence-electron chi connectivity index (χ1n) is 8.48. The number of carbonyl (C=O) groups is 2. The van der Waals surface area contributed by atoms with E-state index in [2.05, 4.69) is 5.32 Å². The van der Waals surface area contributed by atoms with E-state index >= 15 is 0 Å². The number of benzene rings is 1.